The zero-order valence-corrected chi connectivity index (χ0v) is 10.7. The highest BCUT2D eigenvalue weighted by Crippen LogP contribution is 2.13. The lowest BCUT2D eigenvalue weighted by atomic mass is 9.95. The van der Waals surface area contributed by atoms with Gasteiger partial charge in [-0.25, -0.2) is 0 Å². The fourth-order valence-electron chi connectivity index (χ4n) is 1.86. The second-order valence-electron chi connectivity index (χ2n) is 4.01. The van der Waals surface area contributed by atoms with E-state index in [1.807, 2.05) is 13.8 Å². The van der Waals surface area contributed by atoms with E-state index in [9.17, 15) is 4.79 Å². The highest BCUT2D eigenvalue weighted by Gasteiger charge is 2.20. The molecule has 0 radical (unpaired) electrons. The Hall–Kier alpha value is -0.570. The van der Waals surface area contributed by atoms with Crippen LogP contribution in [0.4, 0.5) is 0 Å². The molecule has 0 aliphatic carbocycles. The van der Waals surface area contributed by atoms with Crippen molar-refractivity contribution in [1.29, 1.82) is 0 Å². The zero-order chi connectivity index (χ0) is 11.8. The first-order valence-electron chi connectivity index (χ1n) is 5.99. The molecule has 0 aromatic heterocycles. The molecule has 0 spiro atoms. The molecule has 0 heterocycles. The molecular formula is C12H25NO2. The van der Waals surface area contributed by atoms with Gasteiger partial charge in [-0.2, -0.15) is 0 Å². The highest BCUT2D eigenvalue weighted by atomic mass is 16.5. The van der Waals surface area contributed by atoms with E-state index in [-0.39, 0.29) is 12.0 Å². The number of hydrogen-bond donors (Lipinski definition) is 1. The first kappa shape index (κ1) is 14.4. The van der Waals surface area contributed by atoms with Crippen LogP contribution in [0.25, 0.3) is 0 Å². The van der Waals surface area contributed by atoms with Gasteiger partial charge in [-0.1, -0.05) is 26.7 Å². The van der Waals surface area contributed by atoms with Gasteiger partial charge in [0.25, 0.3) is 0 Å². The summed E-state index contributed by atoms with van der Waals surface area (Å²) in [6.45, 7) is 10.6. The summed E-state index contributed by atoms with van der Waals surface area (Å²) in [6.07, 6.45) is 2.28. The van der Waals surface area contributed by atoms with E-state index in [1.165, 1.54) is 0 Å². The molecule has 0 amide bonds. The molecule has 0 bridgehead atoms. The van der Waals surface area contributed by atoms with Crippen molar-refractivity contribution in [3.05, 3.63) is 0 Å². The van der Waals surface area contributed by atoms with Crippen LogP contribution in [0.15, 0.2) is 0 Å². The predicted octanol–water partition coefficient (Wildman–Crippen LogP) is 2.35. The van der Waals surface area contributed by atoms with Crippen LogP contribution in [-0.2, 0) is 9.53 Å². The number of ether oxygens (including phenoxy) is 1. The van der Waals surface area contributed by atoms with E-state index < -0.39 is 0 Å². The van der Waals surface area contributed by atoms with Crippen LogP contribution in [0.5, 0.6) is 0 Å². The van der Waals surface area contributed by atoms with Gasteiger partial charge in [0.05, 0.1) is 6.61 Å². The van der Waals surface area contributed by atoms with E-state index in [0.717, 1.165) is 12.8 Å². The lowest BCUT2D eigenvalue weighted by molar-refractivity contribution is -0.145. The van der Waals surface area contributed by atoms with E-state index in [0.29, 0.717) is 18.6 Å². The van der Waals surface area contributed by atoms with Crippen molar-refractivity contribution >= 4 is 5.97 Å². The molecule has 90 valence electrons. The summed E-state index contributed by atoms with van der Waals surface area (Å²) < 4.78 is 4.95. The topological polar surface area (TPSA) is 38.3 Å². The fraction of sp³-hybridized carbons (Fsp3) is 0.917. The largest absolute Gasteiger partial charge is 0.465 e. The van der Waals surface area contributed by atoms with Crippen LogP contribution < -0.4 is 5.32 Å². The van der Waals surface area contributed by atoms with Gasteiger partial charge in [0.2, 0.25) is 0 Å². The summed E-state index contributed by atoms with van der Waals surface area (Å²) >= 11 is 0. The van der Waals surface area contributed by atoms with E-state index in [4.69, 9.17) is 4.74 Å². The highest BCUT2D eigenvalue weighted by molar-refractivity contribution is 5.75. The molecule has 2 unspecified atom stereocenters. The summed E-state index contributed by atoms with van der Waals surface area (Å²) in [4.78, 5) is 11.4. The molecule has 3 heteroatoms. The Bertz CT molecular complexity index is 178. The molecule has 15 heavy (non-hydrogen) atoms. The van der Waals surface area contributed by atoms with E-state index in [2.05, 4.69) is 26.1 Å². The second-order valence-corrected chi connectivity index (χ2v) is 4.01. The van der Waals surface area contributed by atoms with Crippen LogP contribution in [0.2, 0.25) is 0 Å². The second kappa shape index (κ2) is 7.69. The van der Waals surface area contributed by atoms with E-state index in [1.54, 1.807) is 0 Å². The van der Waals surface area contributed by atoms with Crippen molar-refractivity contribution in [3.8, 4) is 0 Å². The maximum absolute atomic E-state index is 11.4. The van der Waals surface area contributed by atoms with Crippen LogP contribution in [0, 0.1) is 5.92 Å². The molecule has 0 saturated heterocycles. The molecule has 3 nitrogen and oxygen atoms in total. The number of carbonyl (C=O) groups excluding carboxylic acids is 1. The Labute approximate surface area is 93.6 Å². The number of rotatable bonds is 7. The van der Waals surface area contributed by atoms with Gasteiger partial charge in [-0.05, 0) is 26.7 Å². The normalized spacial score (nSPS) is 15.1. The van der Waals surface area contributed by atoms with Gasteiger partial charge in [-0.15, -0.1) is 0 Å². The lowest BCUT2D eigenvalue weighted by Gasteiger charge is -2.25. The molecule has 0 fully saturated rings. The van der Waals surface area contributed by atoms with Crippen molar-refractivity contribution in [1.82, 2.24) is 5.32 Å². The van der Waals surface area contributed by atoms with Gasteiger partial charge in [0.15, 0.2) is 0 Å². The maximum atomic E-state index is 11.4. The third-order valence-electron chi connectivity index (χ3n) is 2.91. The number of esters is 1. The average Bonchev–Trinajstić information content (AvgIpc) is 2.19. The molecule has 0 saturated carbocycles. The number of hydrogen-bond acceptors (Lipinski definition) is 3. The van der Waals surface area contributed by atoms with E-state index >= 15 is 0 Å². The average molecular weight is 215 g/mol. The van der Waals surface area contributed by atoms with Gasteiger partial charge in [0, 0.05) is 6.04 Å². The van der Waals surface area contributed by atoms with Crippen molar-refractivity contribution in [2.75, 3.05) is 6.61 Å². The molecule has 2 atom stereocenters. The molecule has 0 aromatic rings. The minimum atomic E-state index is -0.208. The Balaban J connectivity index is 4.04. The number of nitrogens with one attached hydrogen (secondary N) is 1. The Morgan fingerprint density at radius 3 is 2.13 bits per heavy atom. The first-order valence-corrected chi connectivity index (χ1v) is 5.99. The fourth-order valence-corrected chi connectivity index (χ4v) is 1.86. The molecule has 0 aliphatic heterocycles. The smallest absolute Gasteiger partial charge is 0.322 e. The lowest BCUT2D eigenvalue weighted by Crippen LogP contribution is -2.44. The molecule has 1 N–H and O–H groups in total. The Morgan fingerprint density at radius 1 is 1.20 bits per heavy atom. The van der Waals surface area contributed by atoms with Crippen molar-refractivity contribution in [2.45, 2.75) is 59.5 Å². The summed E-state index contributed by atoms with van der Waals surface area (Å²) in [5.74, 6) is 0.470. The molecular weight excluding hydrogens is 190 g/mol. The molecule has 0 rings (SSSR count). The minimum absolute atomic E-state index is 0.157. The summed E-state index contributed by atoms with van der Waals surface area (Å²) in [6, 6.07) is 0.153. The first-order chi connectivity index (χ1) is 7.06. The van der Waals surface area contributed by atoms with Crippen molar-refractivity contribution in [3.63, 3.8) is 0 Å². The number of carbonyl (C=O) groups is 1. The van der Waals surface area contributed by atoms with Crippen molar-refractivity contribution < 1.29 is 9.53 Å². The standard InChI is InChI=1S/C12H25NO2/c1-6-11(7-2)9(4)13-10(5)12(14)15-8-3/h9-11,13H,6-8H2,1-5H3. The quantitative estimate of drug-likeness (QED) is 0.662. The predicted molar refractivity (Wildman–Crippen MR) is 62.8 cm³/mol. The maximum Gasteiger partial charge on any atom is 0.322 e. The van der Waals surface area contributed by atoms with Crippen LogP contribution in [-0.4, -0.2) is 24.7 Å². The van der Waals surface area contributed by atoms with Gasteiger partial charge in [0.1, 0.15) is 6.04 Å². The Kier molecular flexibility index (Phi) is 7.39. The van der Waals surface area contributed by atoms with Gasteiger partial charge >= 0.3 is 5.97 Å². The van der Waals surface area contributed by atoms with Crippen molar-refractivity contribution in [2.24, 2.45) is 5.92 Å². The molecule has 0 aromatic carbocycles. The van der Waals surface area contributed by atoms with Gasteiger partial charge < -0.3 is 10.1 Å². The molecule has 0 aliphatic rings. The third kappa shape index (κ3) is 5.17. The van der Waals surface area contributed by atoms with Crippen LogP contribution in [0.3, 0.4) is 0 Å². The monoisotopic (exact) mass is 215 g/mol. The van der Waals surface area contributed by atoms with Gasteiger partial charge in [-0.3, -0.25) is 4.79 Å². The summed E-state index contributed by atoms with van der Waals surface area (Å²) in [7, 11) is 0. The third-order valence-corrected chi connectivity index (χ3v) is 2.91. The summed E-state index contributed by atoms with van der Waals surface area (Å²) in [5.41, 5.74) is 0. The summed E-state index contributed by atoms with van der Waals surface area (Å²) in [5, 5.41) is 3.29. The Morgan fingerprint density at radius 2 is 1.73 bits per heavy atom. The van der Waals surface area contributed by atoms with Crippen LogP contribution in [0.1, 0.15) is 47.5 Å². The van der Waals surface area contributed by atoms with Crippen LogP contribution >= 0.6 is 0 Å². The SMILES string of the molecule is CCOC(=O)C(C)NC(C)C(CC)CC. The minimum Gasteiger partial charge on any atom is -0.465 e. The zero-order valence-electron chi connectivity index (χ0n) is 10.7.